The molecule has 23 heavy (non-hydrogen) atoms. The van der Waals surface area contributed by atoms with E-state index in [1.165, 1.54) is 0 Å². The number of rotatable bonds is 4. The van der Waals surface area contributed by atoms with Gasteiger partial charge in [0.1, 0.15) is 5.82 Å². The fourth-order valence-corrected chi connectivity index (χ4v) is 2.82. The van der Waals surface area contributed by atoms with Crippen LogP contribution in [0.4, 0.5) is 5.82 Å². The summed E-state index contributed by atoms with van der Waals surface area (Å²) < 4.78 is 7.63. The summed E-state index contributed by atoms with van der Waals surface area (Å²) in [6, 6.07) is 6.05. The van der Waals surface area contributed by atoms with Gasteiger partial charge >= 0.3 is 0 Å². The molecule has 1 saturated heterocycles. The number of hydrogen-bond acceptors (Lipinski definition) is 6. The molecule has 2 aromatic heterocycles. The Morgan fingerprint density at radius 2 is 2.13 bits per heavy atom. The first-order valence-corrected chi connectivity index (χ1v) is 7.97. The molecular weight excluding hydrogens is 292 g/mol. The first kappa shape index (κ1) is 15.9. The second-order valence-electron chi connectivity index (χ2n) is 6.22. The number of anilines is 1. The number of aromatic nitrogens is 4. The number of likely N-dealkylation sites (N-methyl/N-ethyl adjacent to an activating group) is 1. The standard InChI is InChI=1S/C16H24N6O/c1-11-9-12(2)22(20-11)16-6-5-15(18-19-16)17-13(3)14-10-21(4)7-8-23-14/h5-6,9,13-14H,7-8,10H2,1-4H3,(H,17,18). The largest absolute Gasteiger partial charge is 0.373 e. The van der Waals surface area contributed by atoms with Crippen molar-refractivity contribution in [1.29, 1.82) is 0 Å². The van der Waals surface area contributed by atoms with E-state index in [0.29, 0.717) is 0 Å². The predicted octanol–water partition coefficient (Wildman–Crippen LogP) is 1.41. The Labute approximate surface area is 136 Å². The highest BCUT2D eigenvalue weighted by Gasteiger charge is 2.23. The molecule has 0 bridgehead atoms. The molecule has 0 saturated carbocycles. The van der Waals surface area contributed by atoms with Crippen LogP contribution in [0.2, 0.25) is 0 Å². The van der Waals surface area contributed by atoms with Gasteiger partial charge in [0.25, 0.3) is 0 Å². The maximum absolute atomic E-state index is 5.83. The van der Waals surface area contributed by atoms with Crippen LogP contribution in [-0.4, -0.2) is 63.8 Å². The van der Waals surface area contributed by atoms with Gasteiger partial charge in [-0.05, 0) is 46.0 Å². The second-order valence-corrected chi connectivity index (χ2v) is 6.22. The van der Waals surface area contributed by atoms with Gasteiger partial charge in [0.05, 0.1) is 24.4 Å². The quantitative estimate of drug-likeness (QED) is 0.920. The van der Waals surface area contributed by atoms with Gasteiger partial charge in [-0.25, -0.2) is 4.68 Å². The third-order valence-corrected chi connectivity index (χ3v) is 4.11. The third kappa shape index (κ3) is 3.68. The molecule has 2 unspecified atom stereocenters. The molecule has 0 spiro atoms. The van der Waals surface area contributed by atoms with Gasteiger partial charge in [0.15, 0.2) is 5.82 Å². The maximum Gasteiger partial charge on any atom is 0.176 e. The number of nitrogens with one attached hydrogen (secondary N) is 1. The lowest BCUT2D eigenvalue weighted by Gasteiger charge is -2.34. The maximum atomic E-state index is 5.83. The van der Waals surface area contributed by atoms with E-state index in [1.54, 1.807) is 4.68 Å². The summed E-state index contributed by atoms with van der Waals surface area (Å²) in [7, 11) is 2.12. The molecule has 3 rings (SSSR count). The van der Waals surface area contributed by atoms with Crippen molar-refractivity contribution in [2.75, 3.05) is 32.1 Å². The summed E-state index contributed by atoms with van der Waals surface area (Å²) in [5, 5.41) is 16.3. The summed E-state index contributed by atoms with van der Waals surface area (Å²) in [6.45, 7) is 8.77. The fraction of sp³-hybridized carbons (Fsp3) is 0.562. The summed E-state index contributed by atoms with van der Waals surface area (Å²) in [6.07, 6.45) is 0.159. The first-order valence-electron chi connectivity index (χ1n) is 7.97. The van der Waals surface area contributed by atoms with E-state index in [9.17, 15) is 0 Å². The number of ether oxygens (including phenoxy) is 1. The van der Waals surface area contributed by atoms with Crippen LogP contribution in [0.5, 0.6) is 0 Å². The lowest BCUT2D eigenvalue weighted by molar-refractivity contribution is -0.0260. The number of aryl methyl sites for hydroxylation is 2. The van der Waals surface area contributed by atoms with Crippen LogP contribution >= 0.6 is 0 Å². The second kappa shape index (κ2) is 6.64. The zero-order valence-electron chi connectivity index (χ0n) is 14.2. The molecule has 0 aliphatic carbocycles. The van der Waals surface area contributed by atoms with Crippen molar-refractivity contribution < 1.29 is 4.74 Å². The van der Waals surface area contributed by atoms with Crippen molar-refractivity contribution in [3.63, 3.8) is 0 Å². The highest BCUT2D eigenvalue weighted by molar-refractivity contribution is 5.38. The zero-order valence-corrected chi connectivity index (χ0v) is 14.2. The molecule has 0 aromatic carbocycles. The van der Waals surface area contributed by atoms with Crippen molar-refractivity contribution in [2.45, 2.75) is 32.9 Å². The van der Waals surface area contributed by atoms with E-state index in [1.807, 2.05) is 32.0 Å². The van der Waals surface area contributed by atoms with Crippen LogP contribution in [0.1, 0.15) is 18.3 Å². The SMILES string of the molecule is Cc1cc(C)n(-c2ccc(NC(C)C3CN(C)CCO3)nn2)n1. The lowest BCUT2D eigenvalue weighted by Crippen LogP contribution is -2.47. The minimum absolute atomic E-state index is 0.159. The van der Waals surface area contributed by atoms with Gasteiger partial charge in [-0.1, -0.05) is 0 Å². The summed E-state index contributed by atoms with van der Waals surface area (Å²) >= 11 is 0. The Balaban J connectivity index is 1.66. The van der Waals surface area contributed by atoms with Crippen molar-refractivity contribution in [3.8, 4) is 5.82 Å². The Hall–Kier alpha value is -1.99. The Kier molecular flexibility index (Phi) is 4.58. The monoisotopic (exact) mass is 316 g/mol. The van der Waals surface area contributed by atoms with Crippen LogP contribution in [0.15, 0.2) is 18.2 Å². The van der Waals surface area contributed by atoms with Crippen molar-refractivity contribution in [2.24, 2.45) is 0 Å². The van der Waals surface area contributed by atoms with Crippen LogP contribution < -0.4 is 5.32 Å². The highest BCUT2D eigenvalue weighted by atomic mass is 16.5. The van der Waals surface area contributed by atoms with Crippen LogP contribution in [0, 0.1) is 13.8 Å². The van der Waals surface area contributed by atoms with E-state index in [4.69, 9.17) is 4.74 Å². The molecule has 3 heterocycles. The number of nitrogens with zero attached hydrogens (tertiary/aromatic N) is 5. The molecular formula is C16H24N6O. The average molecular weight is 316 g/mol. The molecule has 7 nitrogen and oxygen atoms in total. The summed E-state index contributed by atoms with van der Waals surface area (Å²) in [5.74, 6) is 1.47. The summed E-state index contributed by atoms with van der Waals surface area (Å²) in [4.78, 5) is 2.28. The van der Waals surface area contributed by atoms with E-state index in [2.05, 4.69) is 39.5 Å². The molecule has 2 atom stereocenters. The van der Waals surface area contributed by atoms with Crippen LogP contribution in [0.25, 0.3) is 5.82 Å². The van der Waals surface area contributed by atoms with Crippen molar-refractivity contribution in [1.82, 2.24) is 24.9 Å². The molecule has 124 valence electrons. The van der Waals surface area contributed by atoms with E-state index < -0.39 is 0 Å². The highest BCUT2D eigenvalue weighted by Crippen LogP contribution is 2.14. The van der Waals surface area contributed by atoms with Gasteiger partial charge in [-0.15, -0.1) is 10.2 Å². The Morgan fingerprint density at radius 1 is 1.30 bits per heavy atom. The molecule has 1 aliphatic rings. The first-order chi connectivity index (χ1) is 11.0. The molecule has 7 heteroatoms. The van der Waals surface area contributed by atoms with Gasteiger partial charge in [-0.2, -0.15) is 5.10 Å². The van der Waals surface area contributed by atoms with Gasteiger partial charge < -0.3 is 15.0 Å². The van der Waals surface area contributed by atoms with Crippen molar-refractivity contribution >= 4 is 5.82 Å². The number of morpholine rings is 1. The number of hydrogen-bond donors (Lipinski definition) is 1. The van der Waals surface area contributed by atoms with Gasteiger partial charge in [-0.3, -0.25) is 0 Å². The predicted molar refractivity (Wildman–Crippen MR) is 88.9 cm³/mol. The summed E-state index contributed by atoms with van der Waals surface area (Å²) in [5.41, 5.74) is 2.02. The lowest BCUT2D eigenvalue weighted by atomic mass is 10.1. The van der Waals surface area contributed by atoms with Gasteiger partial charge in [0.2, 0.25) is 0 Å². The Morgan fingerprint density at radius 3 is 2.74 bits per heavy atom. The van der Waals surface area contributed by atoms with E-state index in [0.717, 1.165) is 42.7 Å². The van der Waals surface area contributed by atoms with E-state index in [-0.39, 0.29) is 12.1 Å². The fourth-order valence-electron chi connectivity index (χ4n) is 2.82. The zero-order chi connectivity index (χ0) is 16.4. The smallest absolute Gasteiger partial charge is 0.176 e. The van der Waals surface area contributed by atoms with E-state index >= 15 is 0 Å². The van der Waals surface area contributed by atoms with Crippen molar-refractivity contribution in [3.05, 3.63) is 29.6 Å². The molecule has 1 aliphatic heterocycles. The topological polar surface area (TPSA) is 68.1 Å². The molecule has 1 fully saturated rings. The van der Waals surface area contributed by atoms with Crippen LogP contribution in [-0.2, 0) is 4.74 Å². The minimum atomic E-state index is 0.159. The van der Waals surface area contributed by atoms with Crippen LogP contribution in [0.3, 0.4) is 0 Å². The molecule has 0 amide bonds. The molecule has 1 N–H and O–H groups in total. The molecule has 2 aromatic rings. The third-order valence-electron chi connectivity index (χ3n) is 4.11. The molecule has 0 radical (unpaired) electrons. The van der Waals surface area contributed by atoms with Gasteiger partial charge in [0, 0.05) is 18.8 Å². The normalized spacial score (nSPS) is 20.4. The Bertz CT molecular complexity index is 653. The minimum Gasteiger partial charge on any atom is -0.373 e. The average Bonchev–Trinajstić information content (AvgIpc) is 2.86.